The van der Waals surface area contributed by atoms with E-state index in [-0.39, 0.29) is 7.43 Å². The van der Waals surface area contributed by atoms with Crippen molar-refractivity contribution in [1.29, 1.82) is 0 Å². The molecule has 0 saturated carbocycles. The maximum absolute atomic E-state index is 2.18. The molecule has 0 heteroatoms. The average molecular weight is 170 g/mol. The zero-order valence-electron chi connectivity index (χ0n) is 8.43. The highest BCUT2D eigenvalue weighted by atomic mass is 13.7. The maximum Gasteiger partial charge on any atom is -0.0353 e. The summed E-state index contributed by atoms with van der Waals surface area (Å²) < 4.78 is 0. The second-order valence-electron chi connectivity index (χ2n) is 2.33. The van der Waals surface area contributed by atoms with Gasteiger partial charge in [-0.2, -0.15) is 0 Å². The fourth-order valence-corrected chi connectivity index (χ4v) is 0.569. The largest absolute Gasteiger partial charge is 0.0917 e. The lowest BCUT2D eigenvalue weighted by Crippen LogP contribution is -1.55. The van der Waals surface area contributed by atoms with Crippen molar-refractivity contribution in [3.63, 3.8) is 0 Å². The molecule has 0 aliphatic rings. The Morgan fingerprint density at radius 1 is 0.917 bits per heavy atom. The minimum absolute atomic E-state index is 0. The normalized spacial score (nSPS) is 9.33. The van der Waals surface area contributed by atoms with E-state index < -0.39 is 0 Å². The van der Waals surface area contributed by atoms with E-state index in [4.69, 9.17) is 0 Å². The molecule has 0 unspecified atom stereocenters. The smallest absolute Gasteiger partial charge is 0.0353 e. The van der Waals surface area contributed by atoms with Crippen LogP contribution in [0.15, 0.2) is 24.3 Å². The van der Waals surface area contributed by atoms with Gasteiger partial charge in [-0.15, -0.1) is 0 Å². The van der Waals surface area contributed by atoms with E-state index in [0.717, 1.165) is 6.42 Å². The van der Waals surface area contributed by atoms with Crippen LogP contribution in [-0.2, 0) is 0 Å². The topological polar surface area (TPSA) is 0 Å². The van der Waals surface area contributed by atoms with E-state index in [2.05, 4.69) is 45.1 Å². The van der Waals surface area contributed by atoms with E-state index in [9.17, 15) is 0 Å². The Morgan fingerprint density at radius 3 is 1.50 bits per heavy atom. The molecule has 74 valence electrons. The molecule has 0 bridgehead atoms. The molecule has 0 amide bonds. The Kier molecular flexibility index (Phi) is 32.8. The van der Waals surface area contributed by atoms with E-state index in [1.807, 2.05) is 6.92 Å². The first-order valence-electron chi connectivity index (χ1n) is 4.55. The lowest BCUT2D eigenvalue weighted by atomic mass is 10.3. The van der Waals surface area contributed by atoms with Gasteiger partial charge in [0, 0.05) is 0 Å². The highest BCUT2D eigenvalue weighted by Crippen LogP contribution is 1.85. The molecule has 0 fully saturated rings. The van der Waals surface area contributed by atoms with E-state index in [1.165, 1.54) is 12.8 Å². The number of allylic oxidation sites excluding steroid dienone is 4. The first kappa shape index (κ1) is 17.5. The number of rotatable bonds is 3. The summed E-state index contributed by atoms with van der Waals surface area (Å²) in [5, 5.41) is 0. The van der Waals surface area contributed by atoms with Gasteiger partial charge in [-0.25, -0.2) is 0 Å². The molecule has 0 atom stereocenters. The monoisotopic (exact) mass is 170 g/mol. The summed E-state index contributed by atoms with van der Waals surface area (Å²) in [6.07, 6.45) is 12.1. The first-order valence-corrected chi connectivity index (χ1v) is 4.55. The fraction of sp³-hybridized carbons (Fsp3) is 0.667. The third kappa shape index (κ3) is 34.0. The van der Waals surface area contributed by atoms with Gasteiger partial charge in [0.15, 0.2) is 0 Å². The van der Waals surface area contributed by atoms with Crippen LogP contribution in [0.3, 0.4) is 0 Å². The molecule has 12 heavy (non-hydrogen) atoms. The van der Waals surface area contributed by atoms with E-state index in [1.54, 1.807) is 0 Å². The van der Waals surface area contributed by atoms with Gasteiger partial charge in [-0.05, 0) is 26.7 Å². The van der Waals surface area contributed by atoms with Gasteiger partial charge in [0.25, 0.3) is 0 Å². The maximum atomic E-state index is 2.18. The molecule has 0 aliphatic heterocycles. The summed E-state index contributed by atoms with van der Waals surface area (Å²) in [7, 11) is 0. The predicted molar refractivity (Wildman–Crippen MR) is 61.6 cm³/mol. The molecule has 0 aromatic carbocycles. The fourth-order valence-electron chi connectivity index (χ4n) is 0.569. The molecule has 0 aromatic rings. The Hall–Kier alpha value is -0.520. The zero-order valence-corrected chi connectivity index (χ0v) is 8.43. The minimum atomic E-state index is 0. The zero-order chi connectivity index (χ0) is 8.95. The quantitative estimate of drug-likeness (QED) is 0.524. The molecule has 0 radical (unpaired) electrons. The molecule has 0 saturated heterocycles. The van der Waals surface area contributed by atoms with Crippen LogP contribution in [0, 0.1) is 0 Å². The van der Waals surface area contributed by atoms with Crippen molar-refractivity contribution in [2.24, 2.45) is 0 Å². The standard InChI is InChI=1S/C6H12.C5H10.CH4/c1-3-5-6-4-2;1-3-5-4-2;/h3,5H,4,6H2,1-2H3;3,5H,4H2,1-2H3;1H4/b2*5-3+;. The lowest BCUT2D eigenvalue weighted by Gasteiger charge is -1.76. The second-order valence-corrected chi connectivity index (χ2v) is 2.33. The molecule has 0 N–H and O–H groups in total. The summed E-state index contributed by atoms with van der Waals surface area (Å²) in [5.41, 5.74) is 0. The van der Waals surface area contributed by atoms with Crippen molar-refractivity contribution < 1.29 is 0 Å². The molecule has 0 aliphatic carbocycles. The van der Waals surface area contributed by atoms with Gasteiger partial charge in [0.2, 0.25) is 0 Å². The minimum Gasteiger partial charge on any atom is -0.0917 e. The van der Waals surface area contributed by atoms with Gasteiger partial charge in [-0.1, -0.05) is 52.0 Å². The van der Waals surface area contributed by atoms with Crippen LogP contribution in [0.1, 0.15) is 54.4 Å². The Labute approximate surface area is 79.4 Å². The van der Waals surface area contributed by atoms with E-state index >= 15 is 0 Å². The van der Waals surface area contributed by atoms with Crippen LogP contribution < -0.4 is 0 Å². The van der Waals surface area contributed by atoms with Crippen molar-refractivity contribution in [2.45, 2.75) is 54.4 Å². The Morgan fingerprint density at radius 2 is 1.42 bits per heavy atom. The molecule has 0 spiro atoms. The lowest BCUT2D eigenvalue weighted by molar-refractivity contribution is 0.957. The molecule has 0 rings (SSSR count). The molecular formula is C12H26. The highest BCUT2D eigenvalue weighted by Gasteiger charge is 1.64. The number of hydrogen-bond acceptors (Lipinski definition) is 0. The van der Waals surface area contributed by atoms with Crippen LogP contribution in [0.25, 0.3) is 0 Å². The third-order valence-corrected chi connectivity index (χ3v) is 1.16. The van der Waals surface area contributed by atoms with Crippen LogP contribution in [0.4, 0.5) is 0 Å². The third-order valence-electron chi connectivity index (χ3n) is 1.16. The number of hydrogen-bond donors (Lipinski definition) is 0. The predicted octanol–water partition coefficient (Wildman–Crippen LogP) is 4.97. The Balaban J connectivity index is -0.000000126. The summed E-state index contributed by atoms with van der Waals surface area (Å²) >= 11 is 0. The van der Waals surface area contributed by atoms with Crippen molar-refractivity contribution in [1.82, 2.24) is 0 Å². The highest BCUT2D eigenvalue weighted by molar-refractivity contribution is 4.75. The van der Waals surface area contributed by atoms with Gasteiger partial charge < -0.3 is 0 Å². The van der Waals surface area contributed by atoms with Crippen molar-refractivity contribution in [2.75, 3.05) is 0 Å². The molecular weight excluding hydrogens is 144 g/mol. The summed E-state index contributed by atoms with van der Waals surface area (Å²) in [4.78, 5) is 0. The number of unbranched alkanes of at least 4 members (excludes halogenated alkanes) is 1. The van der Waals surface area contributed by atoms with Crippen molar-refractivity contribution in [3.8, 4) is 0 Å². The summed E-state index contributed by atoms with van der Waals surface area (Å²) in [5.74, 6) is 0. The second kappa shape index (κ2) is 22.4. The van der Waals surface area contributed by atoms with Crippen LogP contribution >= 0.6 is 0 Å². The summed E-state index contributed by atoms with van der Waals surface area (Å²) in [6.45, 7) is 8.39. The van der Waals surface area contributed by atoms with E-state index in [0.29, 0.717) is 0 Å². The molecule has 0 heterocycles. The van der Waals surface area contributed by atoms with Gasteiger partial charge in [0.05, 0.1) is 0 Å². The van der Waals surface area contributed by atoms with Gasteiger partial charge >= 0.3 is 0 Å². The van der Waals surface area contributed by atoms with Crippen molar-refractivity contribution in [3.05, 3.63) is 24.3 Å². The SMILES string of the molecule is C.C/C=C/CC.C/C=C/CCC. The van der Waals surface area contributed by atoms with Crippen LogP contribution in [-0.4, -0.2) is 0 Å². The first-order chi connectivity index (χ1) is 5.33. The van der Waals surface area contributed by atoms with Gasteiger partial charge in [-0.3, -0.25) is 0 Å². The Bertz CT molecular complexity index is 88.2. The molecule has 0 nitrogen and oxygen atoms in total. The van der Waals surface area contributed by atoms with Crippen LogP contribution in [0.5, 0.6) is 0 Å². The van der Waals surface area contributed by atoms with Gasteiger partial charge in [0.1, 0.15) is 0 Å². The molecule has 0 aromatic heterocycles. The summed E-state index contributed by atoms with van der Waals surface area (Å²) in [6, 6.07) is 0. The van der Waals surface area contributed by atoms with Crippen LogP contribution in [0.2, 0.25) is 0 Å². The average Bonchev–Trinajstić information content (AvgIpc) is 2.04. The van der Waals surface area contributed by atoms with Crippen molar-refractivity contribution >= 4 is 0 Å².